The van der Waals surface area contributed by atoms with Gasteiger partial charge in [-0.15, -0.1) is 0 Å². The number of hydrogen-bond acceptors (Lipinski definition) is 4. The first-order valence-corrected chi connectivity index (χ1v) is 9.11. The number of anilines is 2. The first kappa shape index (κ1) is 18.9. The first-order chi connectivity index (χ1) is 13.0. The monoisotopic (exact) mass is 367 g/mol. The lowest BCUT2D eigenvalue weighted by molar-refractivity contribution is -0.115. The van der Waals surface area contributed by atoms with E-state index in [1.807, 2.05) is 50.2 Å². The summed E-state index contributed by atoms with van der Waals surface area (Å²) in [6.07, 6.45) is 0. The minimum absolute atomic E-state index is 0.0724. The Kier molecular flexibility index (Phi) is 6.08. The number of morpholine rings is 1. The molecule has 0 bridgehead atoms. The van der Waals surface area contributed by atoms with Crippen LogP contribution in [0.3, 0.4) is 0 Å². The van der Waals surface area contributed by atoms with E-state index in [0.717, 1.165) is 43.1 Å². The molecule has 2 N–H and O–H groups in total. The molecular formula is C21H25N3O3. The van der Waals surface area contributed by atoms with Crippen molar-refractivity contribution < 1.29 is 14.3 Å². The maximum atomic E-state index is 12.2. The Bertz CT molecular complexity index is 812. The van der Waals surface area contributed by atoms with Crippen LogP contribution >= 0.6 is 0 Å². The summed E-state index contributed by atoms with van der Waals surface area (Å²) in [5.74, 6) is -0.512. The highest BCUT2D eigenvalue weighted by molar-refractivity contribution is 5.99. The third-order valence-electron chi connectivity index (χ3n) is 4.71. The van der Waals surface area contributed by atoms with Crippen molar-refractivity contribution in [2.24, 2.45) is 0 Å². The summed E-state index contributed by atoms with van der Waals surface area (Å²) in [6.45, 7) is 7.09. The van der Waals surface area contributed by atoms with E-state index in [1.54, 1.807) is 6.07 Å². The zero-order chi connectivity index (χ0) is 19.2. The molecule has 2 aromatic rings. The van der Waals surface area contributed by atoms with E-state index in [-0.39, 0.29) is 18.4 Å². The van der Waals surface area contributed by atoms with Crippen LogP contribution in [0.2, 0.25) is 0 Å². The number of carbonyl (C=O) groups is 2. The van der Waals surface area contributed by atoms with Gasteiger partial charge in [-0.3, -0.25) is 9.59 Å². The van der Waals surface area contributed by atoms with Crippen LogP contribution in [-0.4, -0.2) is 44.7 Å². The minimum atomic E-state index is -0.258. The number of nitrogens with one attached hydrogen (secondary N) is 2. The molecule has 1 heterocycles. The first-order valence-electron chi connectivity index (χ1n) is 9.11. The fraction of sp³-hybridized carbons (Fsp3) is 0.333. The third kappa shape index (κ3) is 5.08. The van der Waals surface area contributed by atoms with Gasteiger partial charge in [0.2, 0.25) is 5.91 Å². The Morgan fingerprint density at radius 3 is 2.37 bits per heavy atom. The van der Waals surface area contributed by atoms with E-state index in [1.165, 1.54) is 0 Å². The standard InChI is InChI=1S/C21H25N3O3/c1-15-3-4-17(13-16(15)2)21(26)22-14-20(25)23-18-5-7-19(8-6-18)24-9-11-27-12-10-24/h3-8,13H,9-12,14H2,1-2H3,(H,22,26)(H,23,25). The largest absolute Gasteiger partial charge is 0.378 e. The van der Waals surface area contributed by atoms with E-state index in [4.69, 9.17) is 4.74 Å². The second kappa shape index (κ2) is 8.68. The zero-order valence-electron chi connectivity index (χ0n) is 15.7. The molecular weight excluding hydrogens is 342 g/mol. The Balaban J connectivity index is 1.50. The van der Waals surface area contributed by atoms with Gasteiger partial charge in [-0.2, -0.15) is 0 Å². The Hall–Kier alpha value is -2.86. The fourth-order valence-electron chi connectivity index (χ4n) is 2.93. The predicted octanol–water partition coefficient (Wildman–Crippen LogP) is 2.51. The molecule has 0 aromatic heterocycles. The molecule has 27 heavy (non-hydrogen) atoms. The van der Waals surface area contributed by atoms with E-state index in [2.05, 4.69) is 15.5 Å². The van der Waals surface area contributed by atoms with Gasteiger partial charge in [0.15, 0.2) is 0 Å². The summed E-state index contributed by atoms with van der Waals surface area (Å²) >= 11 is 0. The van der Waals surface area contributed by atoms with Crippen LogP contribution in [0.25, 0.3) is 0 Å². The highest BCUT2D eigenvalue weighted by atomic mass is 16.5. The molecule has 1 aliphatic heterocycles. The van der Waals surface area contributed by atoms with Crippen molar-refractivity contribution in [3.8, 4) is 0 Å². The van der Waals surface area contributed by atoms with Gasteiger partial charge in [0.1, 0.15) is 0 Å². The molecule has 0 aliphatic carbocycles. The van der Waals surface area contributed by atoms with Crippen LogP contribution in [0, 0.1) is 13.8 Å². The SMILES string of the molecule is Cc1ccc(C(=O)NCC(=O)Nc2ccc(N3CCOCC3)cc2)cc1C. The van der Waals surface area contributed by atoms with Crippen LogP contribution in [0.4, 0.5) is 11.4 Å². The number of nitrogens with zero attached hydrogens (tertiary/aromatic N) is 1. The summed E-state index contributed by atoms with van der Waals surface area (Å²) in [6, 6.07) is 13.2. The van der Waals surface area contributed by atoms with Crippen molar-refractivity contribution in [1.82, 2.24) is 5.32 Å². The number of hydrogen-bond donors (Lipinski definition) is 2. The number of ether oxygens (including phenoxy) is 1. The molecule has 1 saturated heterocycles. The number of benzene rings is 2. The van der Waals surface area contributed by atoms with Crippen molar-refractivity contribution in [3.63, 3.8) is 0 Å². The van der Waals surface area contributed by atoms with Crippen molar-refractivity contribution in [1.29, 1.82) is 0 Å². The van der Waals surface area contributed by atoms with Gasteiger partial charge < -0.3 is 20.3 Å². The molecule has 1 aliphatic rings. The quantitative estimate of drug-likeness (QED) is 0.852. The number of carbonyl (C=O) groups excluding carboxylic acids is 2. The molecule has 0 saturated carbocycles. The van der Waals surface area contributed by atoms with Crippen LogP contribution in [0.1, 0.15) is 21.5 Å². The molecule has 142 valence electrons. The molecule has 1 fully saturated rings. The van der Waals surface area contributed by atoms with Gasteiger partial charge >= 0.3 is 0 Å². The van der Waals surface area contributed by atoms with Crippen molar-refractivity contribution in [3.05, 3.63) is 59.2 Å². The van der Waals surface area contributed by atoms with Crippen LogP contribution in [-0.2, 0) is 9.53 Å². The average Bonchev–Trinajstić information content (AvgIpc) is 2.69. The summed E-state index contributed by atoms with van der Waals surface area (Å²) in [5.41, 5.74) is 4.55. The molecule has 3 rings (SSSR count). The van der Waals surface area contributed by atoms with Crippen LogP contribution in [0.15, 0.2) is 42.5 Å². The number of amides is 2. The van der Waals surface area contributed by atoms with E-state index in [0.29, 0.717) is 11.3 Å². The number of rotatable bonds is 5. The topological polar surface area (TPSA) is 70.7 Å². The predicted molar refractivity (Wildman–Crippen MR) is 106 cm³/mol. The summed E-state index contributed by atoms with van der Waals surface area (Å²) in [4.78, 5) is 26.5. The van der Waals surface area contributed by atoms with Gasteiger partial charge in [-0.05, 0) is 61.4 Å². The molecule has 2 amide bonds. The van der Waals surface area contributed by atoms with E-state index >= 15 is 0 Å². The fourth-order valence-corrected chi connectivity index (χ4v) is 2.93. The van der Waals surface area contributed by atoms with E-state index < -0.39 is 0 Å². The lowest BCUT2D eigenvalue weighted by Gasteiger charge is -2.28. The highest BCUT2D eigenvalue weighted by Crippen LogP contribution is 2.19. The molecule has 0 unspecified atom stereocenters. The molecule has 0 radical (unpaired) electrons. The molecule has 0 atom stereocenters. The lowest BCUT2D eigenvalue weighted by atomic mass is 10.1. The van der Waals surface area contributed by atoms with Gasteiger partial charge in [0.25, 0.3) is 5.91 Å². The molecule has 6 nitrogen and oxygen atoms in total. The maximum absolute atomic E-state index is 12.2. The second-order valence-corrected chi connectivity index (χ2v) is 6.68. The zero-order valence-corrected chi connectivity index (χ0v) is 15.7. The normalized spacial score (nSPS) is 13.9. The third-order valence-corrected chi connectivity index (χ3v) is 4.71. The summed E-state index contributed by atoms with van der Waals surface area (Å²) < 4.78 is 5.35. The van der Waals surface area contributed by atoms with E-state index in [9.17, 15) is 9.59 Å². The van der Waals surface area contributed by atoms with Gasteiger partial charge in [-0.1, -0.05) is 6.07 Å². The van der Waals surface area contributed by atoms with Gasteiger partial charge in [0.05, 0.1) is 19.8 Å². The average molecular weight is 367 g/mol. The van der Waals surface area contributed by atoms with Gasteiger partial charge in [0, 0.05) is 30.0 Å². The van der Waals surface area contributed by atoms with Crippen molar-refractivity contribution >= 4 is 23.2 Å². The van der Waals surface area contributed by atoms with Gasteiger partial charge in [-0.25, -0.2) is 0 Å². The minimum Gasteiger partial charge on any atom is -0.378 e. The van der Waals surface area contributed by atoms with Crippen LogP contribution < -0.4 is 15.5 Å². The second-order valence-electron chi connectivity index (χ2n) is 6.68. The molecule has 2 aromatic carbocycles. The van der Waals surface area contributed by atoms with Crippen molar-refractivity contribution in [2.75, 3.05) is 43.1 Å². The Labute approximate surface area is 159 Å². The van der Waals surface area contributed by atoms with Crippen LogP contribution in [0.5, 0.6) is 0 Å². The Morgan fingerprint density at radius 2 is 1.70 bits per heavy atom. The Morgan fingerprint density at radius 1 is 1.00 bits per heavy atom. The molecule has 0 spiro atoms. The summed E-state index contributed by atoms with van der Waals surface area (Å²) in [5, 5.41) is 5.46. The lowest BCUT2D eigenvalue weighted by Crippen LogP contribution is -2.36. The molecule has 6 heteroatoms. The smallest absolute Gasteiger partial charge is 0.251 e. The highest BCUT2D eigenvalue weighted by Gasteiger charge is 2.12. The maximum Gasteiger partial charge on any atom is 0.251 e. The number of aryl methyl sites for hydroxylation is 2. The summed E-state index contributed by atoms with van der Waals surface area (Å²) in [7, 11) is 0. The van der Waals surface area contributed by atoms with Crippen molar-refractivity contribution in [2.45, 2.75) is 13.8 Å².